The van der Waals surface area contributed by atoms with E-state index < -0.39 is 0 Å². The maximum Gasteiger partial charge on any atom is 0.217 e. The molecule has 4 saturated carbocycles. The predicted octanol–water partition coefficient (Wildman–Crippen LogP) is 4.89. The first-order chi connectivity index (χ1) is 16.2. The molecule has 5 heteroatoms. The van der Waals surface area contributed by atoms with E-state index in [0.29, 0.717) is 36.6 Å². The summed E-state index contributed by atoms with van der Waals surface area (Å²) in [4.78, 5) is 22.2. The van der Waals surface area contributed by atoms with E-state index in [1.54, 1.807) is 18.2 Å². The number of ketones is 1. The molecule has 3 N–H and O–H groups in total. The molecule has 1 aromatic rings. The summed E-state index contributed by atoms with van der Waals surface area (Å²) < 4.78 is 5.30. The number of carbonyl (C=O) groups excluding carboxylic acids is 2. The number of nitrogens with two attached hydrogens (primary N) is 1. The zero-order valence-electron chi connectivity index (χ0n) is 20.9. The van der Waals surface area contributed by atoms with Crippen LogP contribution in [0.3, 0.4) is 0 Å². The summed E-state index contributed by atoms with van der Waals surface area (Å²) in [6.45, 7) is 5.35. The third-order valence-corrected chi connectivity index (χ3v) is 9.90. The summed E-state index contributed by atoms with van der Waals surface area (Å²) in [5.41, 5.74) is 5.56. The number of primary amides is 1. The van der Waals surface area contributed by atoms with Crippen molar-refractivity contribution in [2.45, 2.75) is 90.6 Å². The van der Waals surface area contributed by atoms with Gasteiger partial charge < -0.3 is 15.6 Å². The van der Waals surface area contributed by atoms with Gasteiger partial charge in [0.25, 0.3) is 0 Å². The van der Waals surface area contributed by atoms with Crippen molar-refractivity contribution in [3.05, 3.63) is 30.3 Å². The quantitative estimate of drug-likeness (QED) is 0.603. The van der Waals surface area contributed by atoms with E-state index in [4.69, 9.17) is 10.5 Å². The van der Waals surface area contributed by atoms with E-state index in [0.717, 1.165) is 49.2 Å². The SMILES string of the molecule is CC12CCC3C(CCC4CC(=O)CCC43C)C1CCC2O.NC(=O)CCCOc1cc#ccc1. The van der Waals surface area contributed by atoms with Gasteiger partial charge in [-0.2, -0.15) is 0 Å². The number of aliphatic hydroxyl groups is 1. The van der Waals surface area contributed by atoms with Crippen LogP contribution in [0.2, 0.25) is 0 Å². The van der Waals surface area contributed by atoms with Crippen molar-refractivity contribution in [3.8, 4) is 5.75 Å². The van der Waals surface area contributed by atoms with Crippen molar-refractivity contribution >= 4 is 11.7 Å². The predicted molar refractivity (Wildman–Crippen MR) is 131 cm³/mol. The minimum Gasteiger partial charge on any atom is -0.493 e. The Hall–Kier alpha value is -2.06. The number of aliphatic hydroxyl groups excluding tert-OH is 1. The fourth-order valence-corrected chi connectivity index (χ4v) is 7.88. The lowest BCUT2D eigenvalue weighted by Gasteiger charge is -2.60. The molecule has 0 radical (unpaired) electrons. The minimum atomic E-state index is -0.295. The van der Waals surface area contributed by atoms with Crippen LogP contribution in [-0.2, 0) is 9.59 Å². The van der Waals surface area contributed by atoms with Gasteiger partial charge in [0.05, 0.1) is 12.7 Å². The number of hydrogen-bond donors (Lipinski definition) is 2. The Kier molecular flexibility index (Phi) is 7.57. The zero-order valence-corrected chi connectivity index (χ0v) is 20.9. The number of ether oxygens (including phenoxy) is 1. The van der Waals surface area contributed by atoms with Gasteiger partial charge in [-0.25, -0.2) is 0 Å². The molecule has 0 aromatic heterocycles. The van der Waals surface area contributed by atoms with E-state index in [-0.39, 0.29) is 17.4 Å². The van der Waals surface area contributed by atoms with Gasteiger partial charge in [0, 0.05) is 25.3 Å². The number of rotatable bonds is 5. The molecule has 0 aliphatic heterocycles. The lowest BCUT2D eigenvalue weighted by atomic mass is 9.45. The molecule has 7 atom stereocenters. The third kappa shape index (κ3) is 4.98. The van der Waals surface area contributed by atoms with Crippen LogP contribution in [0, 0.1) is 46.6 Å². The van der Waals surface area contributed by atoms with Gasteiger partial charge >= 0.3 is 0 Å². The van der Waals surface area contributed by atoms with Gasteiger partial charge in [-0.05, 0) is 98.0 Å². The highest BCUT2D eigenvalue weighted by Crippen LogP contribution is 2.65. The summed E-state index contributed by atoms with van der Waals surface area (Å²) in [5, 5.41) is 10.5. The fourth-order valence-electron chi connectivity index (χ4n) is 7.88. The van der Waals surface area contributed by atoms with Crippen LogP contribution in [0.25, 0.3) is 0 Å². The molecule has 4 aliphatic carbocycles. The van der Waals surface area contributed by atoms with E-state index >= 15 is 0 Å². The van der Waals surface area contributed by atoms with Crippen molar-refractivity contribution in [1.29, 1.82) is 0 Å². The lowest BCUT2D eigenvalue weighted by Crippen LogP contribution is -2.54. The van der Waals surface area contributed by atoms with Gasteiger partial charge in [-0.15, -0.1) is 0 Å². The third-order valence-electron chi connectivity index (χ3n) is 9.90. The number of fused-ring (bicyclic) bond motifs is 5. The number of hydrogen-bond acceptors (Lipinski definition) is 4. The van der Waals surface area contributed by atoms with E-state index in [9.17, 15) is 14.7 Å². The van der Waals surface area contributed by atoms with Crippen LogP contribution in [-0.4, -0.2) is 29.5 Å². The molecule has 1 amide bonds. The lowest BCUT2D eigenvalue weighted by molar-refractivity contribution is -0.141. The molecule has 186 valence electrons. The molecule has 0 spiro atoms. The number of Topliss-reactive ketones (excluding diaryl/α,β-unsaturated/α-hetero) is 1. The summed E-state index contributed by atoms with van der Waals surface area (Å²) >= 11 is 0. The standard InChI is InChI=1S/C19H30O2.C10H11NO2/c1-18-9-7-13(20)11-12(18)3-4-14-15-5-6-17(21)19(15,2)10-8-16(14)18;11-10(12)7-4-8-13-9-5-2-1-3-6-9/h12,14-17,21H,3-11H2,1-2H3;2,5-6H,4,7-8H2,(H2,11,12). The smallest absolute Gasteiger partial charge is 0.217 e. The molecule has 5 nitrogen and oxygen atoms in total. The zero-order chi connectivity index (χ0) is 24.3. The van der Waals surface area contributed by atoms with Crippen LogP contribution in [0.5, 0.6) is 5.75 Å². The number of carbonyl (C=O) groups is 2. The second-order valence-corrected chi connectivity index (χ2v) is 11.6. The number of amides is 1. The molecule has 4 fully saturated rings. The van der Waals surface area contributed by atoms with Crippen molar-refractivity contribution in [3.63, 3.8) is 0 Å². The van der Waals surface area contributed by atoms with Crippen LogP contribution >= 0.6 is 0 Å². The fraction of sp³-hybridized carbons (Fsp3) is 0.724. The first-order valence-electron chi connectivity index (χ1n) is 13.2. The Morgan fingerprint density at radius 1 is 1.12 bits per heavy atom. The Morgan fingerprint density at radius 2 is 1.91 bits per heavy atom. The monoisotopic (exact) mass is 467 g/mol. The molecule has 0 bridgehead atoms. The molecule has 1 aromatic carbocycles. The topological polar surface area (TPSA) is 89.6 Å². The first-order valence-corrected chi connectivity index (χ1v) is 13.2. The molecule has 5 rings (SSSR count). The summed E-state index contributed by atoms with van der Waals surface area (Å²) in [6.07, 6.45) is 11.1. The van der Waals surface area contributed by atoms with Crippen molar-refractivity contribution in [2.24, 2.45) is 40.2 Å². The molecule has 0 saturated heterocycles. The van der Waals surface area contributed by atoms with E-state index in [1.807, 2.05) is 0 Å². The van der Waals surface area contributed by atoms with Gasteiger partial charge in [0.15, 0.2) is 0 Å². The Balaban J connectivity index is 0.000000182. The normalized spacial score (nSPS) is 38.3. The van der Waals surface area contributed by atoms with Gasteiger partial charge in [-0.1, -0.05) is 26.0 Å². The summed E-state index contributed by atoms with van der Waals surface area (Å²) in [5.74, 6) is 3.97. The van der Waals surface area contributed by atoms with E-state index in [2.05, 4.69) is 26.0 Å². The maximum absolute atomic E-state index is 11.9. The van der Waals surface area contributed by atoms with Crippen molar-refractivity contribution in [2.75, 3.05) is 6.61 Å². The Bertz CT molecular complexity index is 857. The summed E-state index contributed by atoms with van der Waals surface area (Å²) in [7, 11) is 0. The molecule has 0 heterocycles. The Morgan fingerprint density at radius 3 is 2.65 bits per heavy atom. The molecular weight excluding hydrogens is 426 g/mol. The molecule has 7 unspecified atom stereocenters. The average Bonchev–Trinajstić information content (AvgIpc) is 3.13. The minimum absolute atomic E-state index is 0.0677. The summed E-state index contributed by atoms with van der Waals surface area (Å²) in [6, 6.07) is 10.7. The Labute approximate surface area is 204 Å². The van der Waals surface area contributed by atoms with Crippen LogP contribution in [0.15, 0.2) is 18.2 Å². The van der Waals surface area contributed by atoms with Crippen molar-refractivity contribution < 1.29 is 19.4 Å². The highest BCUT2D eigenvalue weighted by molar-refractivity contribution is 5.79. The van der Waals surface area contributed by atoms with Gasteiger partial charge in [0.2, 0.25) is 5.91 Å². The van der Waals surface area contributed by atoms with Gasteiger partial charge in [0.1, 0.15) is 11.5 Å². The molecule has 4 aliphatic rings. The first kappa shape index (κ1) is 25.0. The average molecular weight is 468 g/mol. The molecule has 34 heavy (non-hydrogen) atoms. The molecular formula is C29H41NO4. The second kappa shape index (κ2) is 10.3. The van der Waals surface area contributed by atoms with Crippen LogP contribution < -0.4 is 10.5 Å². The van der Waals surface area contributed by atoms with E-state index in [1.165, 1.54) is 32.1 Å². The van der Waals surface area contributed by atoms with Crippen LogP contribution in [0.4, 0.5) is 0 Å². The van der Waals surface area contributed by atoms with Gasteiger partial charge in [-0.3, -0.25) is 9.59 Å². The van der Waals surface area contributed by atoms with Crippen LogP contribution in [0.1, 0.15) is 84.5 Å². The highest BCUT2D eigenvalue weighted by Gasteiger charge is 2.59. The largest absolute Gasteiger partial charge is 0.493 e. The highest BCUT2D eigenvalue weighted by atomic mass is 16.5. The van der Waals surface area contributed by atoms with Crippen molar-refractivity contribution in [1.82, 2.24) is 0 Å². The maximum atomic E-state index is 11.9. The second-order valence-electron chi connectivity index (χ2n) is 11.6.